The molecule has 2 aromatic rings. The Balaban J connectivity index is 1.71. The average molecular weight is 385 g/mol. The molecule has 150 valence electrons. The molecule has 0 N–H and O–H groups in total. The van der Waals surface area contributed by atoms with E-state index in [0.29, 0.717) is 24.8 Å². The first-order valence-corrected chi connectivity index (χ1v) is 9.26. The maximum Gasteiger partial charge on any atom is 0.325 e. The van der Waals surface area contributed by atoms with Gasteiger partial charge in [-0.3, -0.25) is 4.90 Å². The van der Waals surface area contributed by atoms with Crippen LogP contribution >= 0.6 is 0 Å². The number of methoxy groups -OCH3 is 2. The number of carbonyl (C=O) groups is 1. The minimum absolute atomic E-state index is 0.115. The number of para-hydroxylation sites is 2. The SMILES string of the molecule is COc1ccccc1N1CCN(C(=O)N(C)c2nc(C)c(C)nc2OC)CC1. The van der Waals surface area contributed by atoms with Gasteiger partial charge in [0.15, 0.2) is 5.82 Å². The molecule has 0 saturated carbocycles. The summed E-state index contributed by atoms with van der Waals surface area (Å²) < 4.78 is 10.8. The number of amides is 2. The number of rotatable bonds is 4. The summed E-state index contributed by atoms with van der Waals surface area (Å²) in [4.78, 5) is 27.5. The molecule has 2 amide bonds. The molecule has 8 nitrogen and oxygen atoms in total. The number of benzene rings is 1. The summed E-state index contributed by atoms with van der Waals surface area (Å²) in [6.45, 7) is 6.43. The highest BCUT2D eigenvalue weighted by Crippen LogP contribution is 2.29. The van der Waals surface area contributed by atoms with Crippen molar-refractivity contribution in [3.05, 3.63) is 35.7 Å². The normalized spacial score (nSPS) is 14.0. The van der Waals surface area contributed by atoms with E-state index < -0.39 is 0 Å². The van der Waals surface area contributed by atoms with Crippen molar-refractivity contribution in [1.29, 1.82) is 0 Å². The minimum atomic E-state index is -0.115. The van der Waals surface area contributed by atoms with Crippen LogP contribution in [0.5, 0.6) is 11.6 Å². The zero-order chi connectivity index (χ0) is 20.3. The third-order valence-corrected chi connectivity index (χ3v) is 5.03. The fourth-order valence-corrected chi connectivity index (χ4v) is 3.26. The molecule has 1 saturated heterocycles. The van der Waals surface area contributed by atoms with Gasteiger partial charge in [0.05, 0.1) is 31.3 Å². The van der Waals surface area contributed by atoms with Gasteiger partial charge in [-0.1, -0.05) is 12.1 Å². The Bertz CT molecular complexity index is 850. The van der Waals surface area contributed by atoms with Crippen LogP contribution in [0.1, 0.15) is 11.4 Å². The molecular weight excluding hydrogens is 358 g/mol. The second kappa shape index (κ2) is 8.33. The van der Waals surface area contributed by atoms with Crippen LogP contribution in [0.3, 0.4) is 0 Å². The lowest BCUT2D eigenvalue weighted by atomic mass is 10.2. The van der Waals surface area contributed by atoms with Crippen molar-refractivity contribution in [2.45, 2.75) is 13.8 Å². The van der Waals surface area contributed by atoms with Gasteiger partial charge < -0.3 is 19.3 Å². The fourth-order valence-electron chi connectivity index (χ4n) is 3.26. The number of ether oxygens (including phenoxy) is 2. The lowest BCUT2D eigenvalue weighted by Crippen LogP contribution is -2.52. The Morgan fingerprint density at radius 2 is 1.64 bits per heavy atom. The molecule has 1 aromatic heterocycles. The molecule has 2 heterocycles. The molecule has 0 spiro atoms. The molecule has 1 fully saturated rings. The van der Waals surface area contributed by atoms with Gasteiger partial charge in [0.1, 0.15) is 5.75 Å². The first-order chi connectivity index (χ1) is 13.5. The van der Waals surface area contributed by atoms with Gasteiger partial charge in [0, 0.05) is 33.2 Å². The summed E-state index contributed by atoms with van der Waals surface area (Å²) in [7, 11) is 4.91. The summed E-state index contributed by atoms with van der Waals surface area (Å²) in [6.07, 6.45) is 0. The van der Waals surface area contributed by atoms with Gasteiger partial charge in [-0.15, -0.1) is 0 Å². The lowest BCUT2D eigenvalue weighted by molar-refractivity contribution is 0.202. The molecule has 0 aliphatic carbocycles. The van der Waals surface area contributed by atoms with Crippen LogP contribution in [0, 0.1) is 13.8 Å². The van der Waals surface area contributed by atoms with E-state index in [1.54, 1.807) is 14.2 Å². The smallest absolute Gasteiger partial charge is 0.325 e. The van der Waals surface area contributed by atoms with Crippen LogP contribution in [0.2, 0.25) is 0 Å². The zero-order valence-electron chi connectivity index (χ0n) is 17.1. The van der Waals surface area contributed by atoms with E-state index in [0.717, 1.165) is 35.9 Å². The largest absolute Gasteiger partial charge is 0.495 e. The van der Waals surface area contributed by atoms with E-state index >= 15 is 0 Å². The van der Waals surface area contributed by atoms with Crippen LogP contribution in [0.4, 0.5) is 16.3 Å². The Morgan fingerprint density at radius 3 is 2.29 bits per heavy atom. The molecule has 3 rings (SSSR count). The van der Waals surface area contributed by atoms with Gasteiger partial charge >= 0.3 is 6.03 Å². The van der Waals surface area contributed by atoms with Gasteiger partial charge in [0.2, 0.25) is 0 Å². The first-order valence-electron chi connectivity index (χ1n) is 9.26. The molecule has 0 bridgehead atoms. The van der Waals surface area contributed by atoms with E-state index in [-0.39, 0.29) is 6.03 Å². The monoisotopic (exact) mass is 385 g/mol. The van der Waals surface area contributed by atoms with E-state index in [1.807, 2.05) is 43.0 Å². The van der Waals surface area contributed by atoms with Crippen LogP contribution in [-0.4, -0.2) is 68.3 Å². The van der Waals surface area contributed by atoms with Crippen LogP contribution in [0.15, 0.2) is 24.3 Å². The third-order valence-electron chi connectivity index (χ3n) is 5.03. The third kappa shape index (κ3) is 3.81. The molecule has 0 atom stereocenters. The standard InChI is InChI=1S/C20H27N5O3/c1-14-15(2)22-19(28-5)18(21-14)23(3)20(26)25-12-10-24(11-13-25)16-8-6-7-9-17(16)27-4/h6-9H,10-13H2,1-5H3. The highest BCUT2D eigenvalue weighted by atomic mass is 16.5. The second-order valence-electron chi connectivity index (χ2n) is 6.71. The molecule has 28 heavy (non-hydrogen) atoms. The van der Waals surface area contributed by atoms with E-state index in [1.165, 1.54) is 12.0 Å². The van der Waals surface area contributed by atoms with Crippen LogP contribution in [0.25, 0.3) is 0 Å². The molecule has 1 aliphatic rings. The predicted molar refractivity (Wildman–Crippen MR) is 109 cm³/mol. The number of nitrogens with zero attached hydrogens (tertiary/aromatic N) is 5. The topological polar surface area (TPSA) is 71.0 Å². The molecule has 1 aromatic carbocycles. The molecule has 1 aliphatic heterocycles. The maximum atomic E-state index is 13.0. The van der Waals surface area contributed by atoms with Crippen LogP contribution in [-0.2, 0) is 0 Å². The van der Waals surface area contributed by atoms with Crippen molar-refractivity contribution in [1.82, 2.24) is 14.9 Å². The molecule has 8 heteroatoms. The lowest BCUT2D eigenvalue weighted by Gasteiger charge is -2.38. The van der Waals surface area contributed by atoms with Gasteiger partial charge in [-0.2, -0.15) is 0 Å². The number of hydrogen-bond donors (Lipinski definition) is 0. The van der Waals surface area contributed by atoms with Crippen molar-refractivity contribution in [2.24, 2.45) is 0 Å². The Morgan fingerprint density at radius 1 is 1.00 bits per heavy atom. The molecular formula is C20H27N5O3. The Labute approximate surface area is 165 Å². The van der Waals surface area contributed by atoms with Gasteiger partial charge in [0.25, 0.3) is 5.88 Å². The fraction of sp³-hybridized carbons (Fsp3) is 0.450. The Kier molecular flexibility index (Phi) is 5.87. The minimum Gasteiger partial charge on any atom is -0.495 e. The number of aryl methyl sites for hydroxylation is 2. The highest BCUT2D eigenvalue weighted by Gasteiger charge is 2.28. The molecule has 0 radical (unpaired) electrons. The number of piperazine rings is 1. The zero-order valence-corrected chi connectivity index (χ0v) is 17.1. The number of aromatic nitrogens is 2. The number of hydrogen-bond acceptors (Lipinski definition) is 6. The summed E-state index contributed by atoms with van der Waals surface area (Å²) >= 11 is 0. The highest BCUT2D eigenvalue weighted by molar-refractivity contribution is 5.91. The van der Waals surface area contributed by atoms with E-state index in [9.17, 15) is 4.79 Å². The van der Waals surface area contributed by atoms with Crippen molar-refractivity contribution in [3.8, 4) is 11.6 Å². The van der Waals surface area contributed by atoms with Gasteiger partial charge in [-0.25, -0.2) is 14.8 Å². The summed E-state index contributed by atoms with van der Waals surface area (Å²) in [5, 5.41) is 0. The van der Waals surface area contributed by atoms with Gasteiger partial charge in [-0.05, 0) is 26.0 Å². The molecule has 0 unspecified atom stereocenters. The second-order valence-corrected chi connectivity index (χ2v) is 6.71. The quantitative estimate of drug-likeness (QED) is 0.805. The van der Waals surface area contributed by atoms with Crippen molar-refractivity contribution >= 4 is 17.5 Å². The van der Waals surface area contributed by atoms with E-state index in [2.05, 4.69) is 14.9 Å². The van der Waals surface area contributed by atoms with Crippen molar-refractivity contribution in [2.75, 3.05) is 57.2 Å². The maximum absolute atomic E-state index is 13.0. The van der Waals surface area contributed by atoms with Crippen molar-refractivity contribution in [3.63, 3.8) is 0 Å². The summed E-state index contributed by atoms with van der Waals surface area (Å²) in [5.41, 5.74) is 2.61. The van der Waals surface area contributed by atoms with E-state index in [4.69, 9.17) is 9.47 Å². The number of anilines is 2. The number of carbonyl (C=O) groups excluding carboxylic acids is 1. The first kappa shape index (κ1) is 19.7. The van der Waals surface area contributed by atoms with Crippen molar-refractivity contribution < 1.29 is 14.3 Å². The number of urea groups is 1. The van der Waals surface area contributed by atoms with Crippen LogP contribution < -0.4 is 19.3 Å². The Hall–Kier alpha value is -3.03. The predicted octanol–water partition coefficient (Wildman–Crippen LogP) is 2.49. The average Bonchev–Trinajstić information content (AvgIpc) is 2.74. The summed E-state index contributed by atoms with van der Waals surface area (Å²) in [5.74, 6) is 1.63. The summed E-state index contributed by atoms with van der Waals surface area (Å²) in [6, 6.07) is 7.82.